The molecule has 0 spiro atoms. The van der Waals surface area contributed by atoms with Crippen LogP contribution in [0.5, 0.6) is 0 Å². The highest BCUT2D eigenvalue weighted by atomic mass is 15.0. The largest absolute Gasteiger partial charge is 0.335 e. The van der Waals surface area contributed by atoms with Crippen molar-refractivity contribution in [3.8, 4) is 0 Å². The number of nitrogens with one attached hydrogen (secondary N) is 1. The molecular weight excluding hydrogens is 186 g/mol. The minimum Gasteiger partial charge on any atom is -0.335 e. The van der Waals surface area contributed by atoms with E-state index < -0.39 is 0 Å². The smallest absolute Gasteiger partial charge is 0.0948 e. The van der Waals surface area contributed by atoms with Crippen LogP contribution >= 0.6 is 0 Å². The first-order valence-corrected chi connectivity index (χ1v) is 6.10. The summed E-state index contributed by atoms with van der Waals surface area (Å²) in [6, 6.07) is 0. The van der Waals surface area contributed by atoms with Gasteiger partial charge in [0.25, 0.3) is 0 Å². The Kier molecular flexibility index (Phi) is 3.78. The maximum atomic E-state index is 4.20. The van der Waals surface area contributed by atoms with Gasteiger partial charge in [0.15, 0.2) is 0 Å². The van der Waals surface area contributed by atoms with Crippen molar-refractivity contribution in [2.24, 2.45) is 5.92 Å². The fraction of sp³-hybridized carbons (Fsp3) is 0.750. The summed E-state index contributed by atoms with van der Waals surface area (Å²) in [4.78, 5) is 4.20. The third-order valence-corrected chi connectivity index (χ3v) is 3.34. The van der Waals surface area contributed by atoms with E-state index in [2.05, 4.69) is 21.8 Å². The molecule has 3 nitrogen and oxygen atoms in total. The van der Waals surface area contributed by atoms with Crippen LogP contribution in [0.15, 0.2) is 12.5 Å². The third kappa shape index (κ3) is 2.81. The van der Waals surface area contributed by atoms with Gasteiger partial charge < -0.3 is 9.88 Å². The molecule has 15 heavy (non-hydrogen) atoms. The van der Waals surface area contributed by atoms with Gasteiger partial charge >= 0.3 is 0 Å². The van der Waals surface area contributed by atoms with E-state index >= 15 is 0 Å². The van der Waals surface area contributed by atoms with Gasteiger partial charge in [-0.3, -0.25) is 0 Å². The van der Waals surface area contributed by atoms with Gasteiger partial charge in [0.1, 0.15) is 0 Å². The summed E-state index contributed by atoms with van der Waals surface area (Å²) >= 11 is 0. The Morgan fingerprint density at radius 1 is 1.60 bits per heavy atom. The van der Waals surface area contributed by atoms with E-state index in [4.69, 9.17) is 0 Å². The van der Waals surface area contributed by atoms with Gasteiger partial charge in [0.05, 0.1) is 6.33 Å². The van der Waals surface area contributed by atoms with Gasteiger partial charge in [-0.2, -0.15) is 0 Å². The summed E-state index contributed by atoms with van der Waals surface area (Å²) in [6.45, 7) is 5.74. The lowest BCUT2D eigenvalue weighted by Crippen LogP contribution is -2.30. The highest BCUT2D eigenvalue weighted by Crippen LogP contribution is 2.15. The Morgan fingerprint density at radius 3 is 3.27 bits per heavy atom. The maximum Gasteiger partial charge on any atom is 0.0948 e. The minimum atomic E-state index is 0.867. The second-order valence-corrected chi connectivity index (χ2v) is 4.43. The monoisotopic (exact) mass is 207 g/mol. The molecular formula is C12H21N3. The van der Waals surface area contributed by atoms with Crippen molar-refractivity contribution in [1.29, 1.82) is 0 Å². The van der Waals surface area contributed by atoms with E-state index in [0.717, 1.165) is 18.9 Å². The fourth-order valence-electron chi connectivity index (χ4n) is 2.34. The predicted octanol–water partition coefficient (Wildman–Crippen LogP) is 1.84. The number of piperidine rings is 1. The van der Waals surface area contributed by atoms with Crippen LogP contribution in [0.25, 0.3) is 0 Å². The highest BCUT2D eigenvalue weighted by Gasteiger charge is 2.12. The molecule has 1 saturated heterocycles. The zero-order chi connectivity index (χ0) is 10.5. The van der Waals surface area contributed by atoms with Crippen molar-refractivity contribution >= 4 is 0 Å². The second kappa shape index (κ2) is 5.31. The van der Waals surface area contributed by atoms with Crippen LogP contribution in [0.2, 0.25) is 0 Å². The number of nitrogens with zero attached hydrogens (tertiary/aromatic N) is 2. The SMILES string of the molecule is CCc1cncn1CCC1CCCNC1. The van der Waals surface area contributed by atoms with E-state index in [9.17, 15) is 0 Å². The average Bonchev–Trinajstić information content (AvgIpc) is 2.75. The topological polar surface area (TPSA) is 29.9 Å². The summed E-state index contributed by atoms with van der Waals surface area (Å²) in [5.41, 5.74) is 1.36. The molecule has 1 atom stereocenters. The second-order valence-electron chi connectivity index (χ2n) is 4.43. The van der Waals surface area contributed by atoms with Gasteiger partial charge in [0, 0.05) is 18.4 Å². The van der Waals surface area contributed by atoms with Crippen LogP contribution in [-0.2, 0) is 13.0 Å². The summed E-state index contributed by atoms with van der Waals surface area (Å²) < 4.78 is 2.30. The first-order valence-electron chi connectivity index (χ1n) is 6.10. The Bertz CT molecular complexity index is 287. The van der Waals surface area contributed by atoms with Gasteiger partial charge in [-0.1, -0.05) is 6.92 Å². The van der Waals surface area contributed by atoms with E-state index in [1.807, 2.05) is 12.5 Å². The summed E-state index contributed by atoms with van der Waals surface area (Å²) in [5, 5.41) is 3.47. The first-order chi connectivity index (χ1) is 7.40. The van der Waals surface area contributed by atoms with Crippen LogP contribution in [0, 0.1) is 5.92 Å². The maximum absolute atomic E-state index is 4.20. The van der Waals surface area contributed by atoms with E-state index in [1.165, 1.54) is 38.0 Å². The van der Waals surface area contributed by atoms with Crippen molar-refractivity contribution in [2.45, 2.75) is 39.2 Å². The van der Waals surface area contributed by atoms with Gasteiger partial charge in [-0.25, -0.2) is 4.98 Å². The molecule has 0 aromatic carbocycles. The van der Waals surface area contributed by atoms with Crippen molar-refractivity contribution < 1.29 is 0 Å². The molecule has 0 saturated carbocycles. The Morgan fingerprint density at radius 2 is 2.53 bits per heavy atom. The molecule has 3 heteroatoms. The van der Waals surface area contributed by atoms with Crippen LogP contribution in [0.3, 0.4) is 0 Å². The molecule has 84 valence electrons. The minimum absolute atomic E-state index is 0.867. The van der Waals surface area contributed by atoms with Crippen molar-refractivity contribution in [1.82, 2.24) is 14.9 Å². The molecule has 1 N–H and O–H groups in total. The van der Waals surface area contributed by atoms with E-state index in [0.29, 0.717) is 0 Å². The molecule has 1 aromatic heterocycles. The average molecular weight is 207 g/mol. The number of aryl methyl sites for hydroxylation is 2. The van der Waals surface area contributed by atoms with Gasteiger partial charge in [0.2, 0.25) is 0 Å². The molecule has 1 fully saturated rings. The first kappa shape index (κ1) is 10.7. The number of imidazole rings is 1. The molecule has 0 radical (unpaired) electrons. The lowest BCUT2D eigenvalue weighted by atomic mass is 9.96. The highest BCUT2D eigenvalue weighted by molar-refractivity contribution is 4.97. The standard InChI is InChI=1S/C12H21N3/c1-2-12-9-14-10-15(12)7-5-11-4-3-6-13-8-11/h9-11,13H,2-8H2,1H3. The Labute approximate surface area is 91.9 Å². The molecule has 1 aliphatic rings. The molecule has 1 unspecified atom stereocenters. The van der Waals surface area contributed by atoms with Crippen LogP contribution in [0.4, 0.5) is 0 Å². The third-order valence-electron chi connectivity index (χ3n) is 3.34. The van der Waals surface area contributed by atoms with Gasteiger partial charge in [-0.15, -0.1) is 0 Å². The zero-order valence-corrected chi connectivity index (χ0v) is 9.58. The molecule has 2 heterocycles. The Hall–Kier alpha value is -0.830. The molecule has 0 aliphatic carbocycles. The van der Waals surface area contributed by atoms with Crippen LogP contribution in [0.1, 0.15) is 31.9 Å². The van der Waals surface area contributed by atoms with Crippen LogP contribution < -0.4 is 5.32 Å². The van der Waals surface area contributed by atoms with Crippen molar-refractivity contribution in [2.75, 3.05) is 13.1 Å². The zero-order valence-electron chi connectivity index (χ0n) is 9.58. The van der Waals surface area contributed by atoms with Gasteiger partial charge in [-0.05, 0) is 44.7 Å². The number of hydrogen-bond donors (Lipinski definition) is 1. The quantitative estimate of drug-likeness (QED) is 0.816. The number of rotatable bonds is 4. The van der Waals surface area contributed by atoms with Crippen molar-refractivity contribution in [3.05, 3.63) is 18.2 Å². The summed E-state index contributed by atoms with van der Waals surface area (Å²) in [7, 11) is 0. The molecule has 0 amide bonds. The predicted molar refractivity (Wildman–Crippen MR) is 61.8 cm³/mol. The van der Waals surface area contributed by atoms with Crippen molar-refractivity contribution in [3.63, 3.8) is 0 Å². The lowest BCUT2D eigenvalue weighted by molar-refractivity contribution is 0.340. The summed E-state index contributed by atoms with van der Waals surface area (Å²) in [5.74, 6) is 0.867. The molecule has 1 aromatic rings. The summed E-state index contributed by atoms with van der Waals surface area (Å²) in [6.07, 6.45) is 9.06. The van der Waals surface area contributed by atoms with Crippen LogP contribution in [-0.4, -0.2) is 22.6 Å². The van der Waals surface area contributed by atoms with E-state index in [-0.39, 0.29) is 0 Å². The van der Waals surface area contributed by atoms with E-state index in [1.54, 1.807) is 0 Å². The fourth-order valence-corrected chi connectivity index (χ4v) is 2.34. The molecule has 2 rings (SSSR count). The lowest BCUT2D eigenvalue weighted by Gasteiger charge is -2.23. The Balaban J connectivity index is 1.81. The normalized spacial score (nSPS) is 21.8. The molecule has 0 bridgehead atoms. The number of aromatic nitrogens is 2. The number of hydrogen-bond acceptors (Lipinski definition) is 2. The molecule has 1 aliphatic heterocycles.